The molecule has 3 rings (SSSR count). The molecule has 2 aliphatic rings. The Balaban J connectivity index is 1.70. The van der Waals surface area contributed by atoms with Gasteiger partial charge in [0.25, 0.3) is 5.91 Å². The van der Waals surface area contributed by atoms with Crippen molar-refractivity contribution < 1.29 is 14.3 Å². The van der Waals surface area contributed by atoms with Crippen LogP contribution in [0.2, 0.25) is 0 Å². The topological polar surface area (TPSA) is 47.6 Å². The minimum atomic E-state index is -0.474. The molecule has 102 valence electrons. The molecule has 2 fully saturated rings. The van der Waals surface area contributed by atoms with Crippen LogP contribution in [0.3, 0.4) is 0 Å². The van der Waals surface area contributed by atoms with Crippen LogP contribution in [-0.2, 0) is 19.8 Å². The Morgan fingerprint density at radius 2 is 2.21 bits per heavy atom. The molecule has 19 heavy (non-hydrogen) atoms. The zero-order valence-corrected chi connectivity index (χ0v) is 12.1. The van der Waals surface area contributed by atoms with Gasteiger partial charge in [-0.1, -0.05) is 28.1 Å². The van der Waals surface area contributed by atoms with Crippen molar-refractivity contribution in [2.45, 2.75) is 24.5 Å². The van der Waals surface area contributed by atoms with Crippen LogP contribution < -0.4 is 5.32 Å². The molecule has 0 bridgehead atoms. The summed E-state index contributed by atoms with van der Waals surface area (Å²) in [4.78, 5) is 12.2. The summed E-state index contributed by atoms with van der Waals surface area (Å²) < 4.78 is 11.7. The monoisotopic (exact) mass is 325 g/mol. The van der Waals surface area contributed by atoms with Gasteiger partial charge in [-0.2, -0.15) is 0 Å². The van der Waals surface area contributed by atoms with Crippen molar-refractivity contribution in [3.63, 3.8) is 0 Å². The second-order valence-electron chi connectivity index (χ2n) is 5.02. The molecule has 0 unspecified atom stereocenters. The summed E-state index contributed by atoms with van der Waals surface area (Å²) in [7, 11) is 0. The fraction of sp³-hybridized carbons (Fsp3) is 0.500. The van der Waals surface area contributed by atoms with E-state index in [4.69, 9.17) is 9.47 Å². The molecular formula is C14H16BrNO3. The van der Waals surface area contributed by atoms with Gasteiger partial charge in [-0.05, 0) is 30.5 Å². The smallest absolute Gasteiger partial charge is 0.252 e. The van der Waals surface area contributed by atoms with Crippen molar-refractivity contribution in [1.82, 2.24) is 5.32 Å². The Bertz CT molecular complexity index is 481. The number of nitrogens with one attached hydrogen (secondary N) is 1. The molecule has 1 heterocycles. The molecular weight excluding hydrogens is 310 g/mol. The van der Waals surface area contributed by atoms with Gasteiger partial charge in [0.05, 0.1) is 25.4 Å². The van der Waals surface area contributed by atoms with E-state index in [9.17, 15) is 4.79 Å². The van der Waals surface area contributed by atoms with Gasteiger partial charge in [0.1, 0.15) is 0 Å². The highest BCUT2D eigenvalue weighted by Crippen LogP contribution is 2.46. The summed E-state index contributed by atoms with van der Waals surface area (Å²) in [5.74, 6) is -0.0721. The van der Waals surface area contributed by atoms with Gasteiger partial charge in [-0.25, -0.2) is 0 Å². The molecule has 1 aromatic rings. The molecule has 0 spiro atoms. The zero-order valence-electron chi connectivity index (χ0n) is 10.5. The quantitative estimate of drug-likeness (QED) is 0.924. The van der Waals surface area contributed by atoms with E-state index in [1.54, 1.807) is 0 Å². The van der Waals surface area contributed by atoms with E-state index in [1.807, 2.05) is 12.1 Å². The number of carbonyl (C=O) groups is 1. The lowest BCUT2D eigenvalue weighted by atomic mass is 10.0. The Hall–Kier alpha value is -0.910. The number of carbonyl (C=O) groups excluding carboxylic acids is 1. The van der Waals surface area contributed by atoms with E-state index in [1.165, 1.54) is 0 Å². The van der Waals surface area contributed by atoms with Crippen LogP contribution in [-0.4, -0.2) is 31.8 Å². The lowest BCUT2D eigenvalue weighted by molar-refractivity contribution is -0.148. The molecule has 1 amide bonds. The molecule has 5 heteroatoms. The fourth-order valence-electron chi connectivity index (χ4n) is 2.35. The third-order valence-electron chi connectivity index (χ3n) is 3.60. The molecule has 1 saturated heterocycles. The largest absolute Gasteiger partial charge is 0.376 e. The molecule has 1 atom stereocenters. The lowest BCUT2D eigenvalue weighted by Gasteiger charge is -2.25. The average Bonchev–Trinajstić information content (AvgIpc) is 3.21. The summed E-state index contributed by atoms with van der Waals surface area (Å²) in [6.45, 7) is 1.41. The molecule has 0 aromatic heterocycles. The highest BCUT2D eigenvalue weighted by molar-refractivity contribution is 9.10. The second kappa shape index (κ2) is 5.23. The van der Waals surface area contributed by atoms with Crippen molar-refractivity contribution in [3.05, 3.63) is 34.3 Å². The maximum atomic E-state index is 12.2. The summed E-state index contributed by atoms with van der Waals surface area (Å²) in [5, 5.41) is 3.12. The molecule has 1 N–H and O–H groups in total. The van der Waals surface area contributed by atoms with Gasteiger partial charge in [-0.3, -0.25) is 4.79 Å². The number of amides is 1. The summed E-state index contributed by atoms with van der Waals surface area (Å²) >= 11 is 3.47. The van der Waals surface area contributed by atoms with Crippen LogP contribution in [0.5, 0.6) is 0 Å². The molecule has 1 aliphatic heterocycles. The van der Waals surface area contributed by atoms with E-state index < -0.39 is 6.10 Å². The number of benzene rings is 1. The normalized spacial score (nSPS) is 24.8. The van der Waals surface area contributed by atoms with Crippen molar-refractivity contribution in [1.29, 1.82) is 0 Å². The van der Waals surface area contributed by atoms with Gasteiger partial charge in [0, 0.05) is 4.47 Å². The first kappa shape index (κ1) is 13.1. The molecule has 1 aromatic carbocycles. The van der Waals surface area contributed by atoms with Crippen LogP contribution in [0.25, 0.3) is 0 Å². The Morgan fingerprint density at radius 1 is 1.37 bits per heavy atom. The highest BCUT2D eigenvalue weighted by Gasteiger charge is 2.46. The maximum Gasteiger partial charge on any atom is 0.252 e. The van der Waals surface area contributed by atoms with Gasteiger partial charge in [-0.15, -0.1) is 0 Å². The van der Waals surface area contributed by atoms with Crippen molar-refractivity contribution >= 4 is 21.8 Å². The molecule has 1 aliphatic carbocycles. The minimum Gasteiger partial charge on any atom is -0.376 e. The predicted molar refractivity (Wildman–Crippen MR) is 73.8 cm³/mol. The van der Waals surface area contributed by atoms with E-state index in [0.717, 1.165) is 22.9 Å². The van der Waals surface area contributed by atoms with Crippen LogP contribution in [0.1, 0.15) is 18.4 Å². The van der Waals surface area contributed by atoms with Gasteiger partial charge in [0.15, 0.2) is 6.10 Å². The molecule has 1 saturated carbocycles. The number of halogens is 1. The molecule has 4 nitrogen and oxygen atoms in total. The van der Waals surface area contributed by atoms with Gasteiger partial charge >= 0.3 is 0 Å². The van der Waals surface area contributed by atoms with E-state index >= 15 is 0 Å². The maximum absolute atomic E-state index is 12.2. The first-order chi connectivity index (χ1) is 9.20. The van der Waals surface area contributed by atoms with Crippen LogP contribution in [0.4, 0.5) is 0 Å². The van der Waals surface area contributed by atoms with Crippen LogP contribution in [0.15, 0.2) is 28.7 Å². The van der Waals surface area contributed by atoms with E-state index in [2.05, 4.69) is 33.4 Å². The Kier molecular flexibility index (Phi) is 3.60. The van der Waals surface area contributed by atoms with Crippen molar-refractivity contribution in [3.8, 4) is 0 Å². The zero-order chi connectivity index (χ0) is 13.3. The first-order valence-corrected chi connectivity index (χ1v) is 7.26. The van der Waals surface area contributed by atoms with E-state index in [-0.39, 0.29) is 11.4 Å². The van der Waals surface area contributed by atoms with Crippen molar-refractivity contribution in [2.24, 2.45) is 0 Å². The van der Waals surface area contributed by atoms with Crippen LogP contribution >= 0.6 is 15.9 Å². The summed E-state index contributed by atoms with van der Waals surface area (Å²) in [6, 6.07) is 8.09. The number of ether oxygens (including phenoxy) is 2. The van der Waals surface area contributed by atoms with E-state index in [0.29, 0.717) is 19.8 Å². The standard InChI is InChI=1S/C14H16BrNO3/c15-11-3-1-2-10(8-11)14(4-5-14)16-13(17)12-9-18-6-7-19-12/h1-3,8,12H,4-7,9H2,(H,16,17)/t12-/m0/s1. The predicted octanol–water partition coefficient (Wildman–Crippen LogP) is 1.97. The SMILES string of the molecule is O=C(NC1(c2cccc(Br)c2)CC1)[C@@H]1COCCO1. The van der Waals surface area contributed by atoms with Gasteiger partial charge in [0.2, 0.25) is 0 Å². The minimum absolute atomic E-state index is 0.0721. The number of hydrogen-bond donors (Lipinski definition) is 1. The van der Waals surface area contributed by atoms with Crippen LogP contribution in [0, 0.1) is 0 Å². The molecule has 0 radical (unpaired) electrons. The second-order valence-corrected chi connectivity index (χ2v) is 5.93. The Labute approximate surface area is 120 Å². The lowest BCUT2D eigenvalue weighted by Crippen LogP contribution is -2.46. The number of rotatable bonds is 3. The summed E-state index contributed by atoms with van der Waals surface area (Å²) in [6.07, 6.45) is 1.48. The fourth-order valence-corrected chi connectivity index (χ4v) is 2.75. The third-order valence-corrected chi connectivity index (χ3v) is 4.09. The van der Waals surface area contributed by atoms with Crippen molar-refractivity contribution in [2.75, 3.05) is 19.8 Å². The third kappa shape index (κ3) is 2.83. The highest BCUT2D eigenvalue weighted by atomic mass is 79.9. The summed E-state index contributed by atoms with van der Waals surface area (Å²) in [5.41, 5.74) is 0.939. The first-order valence-electron chi connectivity index (χ1n) is 6.47. The van der Waals surface area contributed by atoms with Gasteiger partial charge < -0.3 is 14.8 Å². The number of hydrogen-bond acceptors (Lipinski definition) is 3. The Morgan fingerprint density at radius 3 is 2.84 bits per heavy atom. The average molecular weight is 326 g/mol.